The van der Waals surface area contributed by atoms with E-state index >= 15 is 0 Å². The van der Waals surface area contributed by atoms with E-state index in [2.05, 4.69) is 20.3 Å². The molecule has 0 aliphatic rings. The molecule has 0 radical (unpaired) electrons. The third kappa shape index (κ3) is 4.50. The quantitative estimate of drug-likeness (QED) is 0.910. The molecule has 0 unspecified atom stereocenters. The largest absolute Gasteiger partial charge is 0.417 e. The summed E-state index contributed by atoms with van der Waals surface area (Å²) < 4.78 is 37.4. The molecule has 1 amide bonds. The van der Waals surface area contributed by atoms with Crippen LogP contribution in [0.3, 0.4) is 0 Å². The molecule has 0 fully saturated rings. The topological polar surface area (TPSA) is 67.8 Å². The van der Waals surface area contributed by atoms with Gasteiger partial charge in [-0.25, -0.2) is 9.97 Å². The van der Waals surface area contributed by atoms with E-state index in [1.165, 1.54) is 12.3 Å². The molecule has 0 aliphatic carbocycles. The highest BCUT2D eigenvalue weighted by Gasteiger charge is 2.30. The monoisotopic (exact) mass is 338 g/mol. The van der Waals surface area contributed by atoms with Gasteiger partial charge in [0.2, 0.25) is 0 Å². The average molecular weight is 338 g/mol. The van der Waals surface area contributed by atoms with Crippen LogP contribution in [0.1, 0.15) is 40.1 Å². The van der Waals surface area contributed by atoms with Crippen LogP contribution < -0.4 is 5.32 Å². The predicted molar refractivity (Wildman–Crippen MR) is 81.4 cm³/mol. The molecule has 0 spiro atoms. The Labute approximate surface area is 137 Å². The molecule has 1 N–H and O–H groups in total. The zero-order chi connectivity index (χ0) is 17.7. The fourth-order valence-corrected chi connectivity index (χ4v) is 2.12. The minimum Gasteiger partial charge on any atom is -0.352 e. The van der Waals surface area contributed by atoms with Crippen LogP contribution in [0.2, 0.25) is 0 Å². The summed E-state index contributed by atoms with van der Waals surface area (Å²) in [6, 6.07) is 2.29. The van der Waals surface area contributed by atoms with Crippen molar-refractivity contribution < 1.29 is 18.0 Å². The Hall–Kier alpha value is -2.51. The van der Waals surface area contributed by atoms with Gasteiger partial charge in [-0.3, -0.25) is 9.78 Å². The van der Waals surface area contributed by atoms with Crippen molar-refractivity contribution in [3.63, 3.8) is 0 Å². The minimum absolute atomic E-state index is 0.258. The summed E-state index contributed by atoms with van der Waals surface area (Å²) in [5, 5.41) is 2.71. The normalized spacial score (nSPS) is 11.4. The first-order chi connectivity index (χ1) is 11.3. The summed E-state index contributed by atoms with van der Waals surface area (Å²) in [5.41, 5.74) is 0.745. The number of amides is 1. The Balaban J connectivity index is 1.93. The zero-order valence-corrected chi connectivity index (χ0v) is 13.3. The van der Waals surface area contributed by atoms with Crippen LogP contribution >= 0.6 is 0 Å². The number of hydrogen-bond acceptors (Lipinski definition) is 4. The van der Waals surface area contributed by atoms with Crippen LogP contribution in [0.25, 0.3) is 0 Å². The molecular formula is C16H17F3N4O. The Morgan fingerprint density at radius 1 is 1.21 bits per heavy atom. The Morgan fingerprint density at radius 2 is 1.96 bits per heavy atom. The van der Waals surface area contributed by atoms with E-state index in [0.29, 0.717) is 35.6 Å². The number of hydrogen-bond donors (Lipinski definition) is 1. The van der Waals surface area contributed by atoms with Crippen LogP contribution in [0.5, 0.6) is 0 Å². The van der Waals surface area contributed by atoms with Crippen molar-refractivity contribution >= 4 is 5.91 Å². The lowest BCUT2D eigenvalue weighted by Gasteiger charge is -2.09. The maximum absolute atomic E-state index is 12.5. The molecule has 0 saturated carbocycles. The summed E-state index contributed by atoms with van der Waals surface area (Å²) in [4.78, 5) is 24.2. The van der Waals surface area contributed by atoms with Crippen molar-refractivity contribution in [3.8, 4) is 0 Å². The van der Waals surface area contributed by atoms with E-state index in [0.717, 1.165) is 12.3 Å². The third-order valence-electron chi connectivity index (χ3n) is 3.39. The van der Waals surface area contributed by atoms with Crippen molar-refractivity contribution in [2.24, 2.45) is 0 Å². The third-order valence-corrected chi connectivity index (χ3v) is 3.39. The second-order valence-corrected chi connectivity index (χ2v) is 5.17. The molecule has 2 heterocycles. The molecule has 0 bridgehead atoms. The summed E-state index contributed by atoms with van der Waals surface area (Å²) in [7, 11) is 0. The predicted octanol–water partition coefficient (Wildman–Crippen LogP) is 2.73. The van der Waals surface area contributed by atoms with E-state index in [1.54, 1.807) is 6.92 Å². The number of carbonyl (C=O) groups is 1. The molecule has 5 nitrogen and oxygen atoms in total. The summed E-state index contributed by atoms with van der Waals surface area (Å²) >= 11 is 0. The van der Waals surface area contributed by atoms with Gasteiger partial charge in [-0.2, -0.15) is 13.2 Å². The first-order valence-electron chi connectivity index (χ1n) is 7.44. The molecule has 24 heavy (non-hydrogen) atoms. The lowest BCUT2D eigenvalue weighted by atomic mass is 10.1. The van der Waals surface area contributed by atoms with Crippen LogP contribution in [0.15, 0.2) is 24.5 Å². The number of pyridine rings is 1. The van der Waals surface area contributed by atoms with Gasteiger partial charge in [0.25, 0.3) is 5.91 Å². The number of aryl methyl sites for hydroxylation is 2. The first kappa shape index (κ1) is 17.8. The van der Waals surface area contributed by atoms with Crippen molar-refractivity contribution in [1.29, 1.82) is 0 Å². The van der Waals surface area contributed by atoms with Gasteiger partial charge in [0, 0.05) is 31.1 Å². The molecule has 2 rings (SSSR count). The van der Waals surface area contributed by atoms with E-state index in [4.69, 9.17) is 0 Å². The number of halogens is 3. The number of carbonyl (C=O) groups excluding carboxylic acids is 1. The Kier molecular flexibility index (Phi) is 5.48. The van der Waals surface area contributed by atoms with Crippen molar-refractivity contribution in [2.45, 2.75) is 32.9 Å². The summed E-state index contributed by atoms with van der Waals surface area (Å²) in [5.74, 6) is 0.288. The van der Waals surface area contributed by atoms with Gasteiger partial charge in [0.1, 0.15) is 5.82 Å². The van der Waals surface area contributed by atoms with E-state index in [9.17, 15) is 18.0 Å². The smallest absolute Gasteiger partial charge is 0.352 e. The second-order valence-electron chi connectivity index (χ2n) is 5.17. The lowest BCUT2D eigenvalue weighted by Crippen LogP contribution is -2.27. The van der Waals surface area contributed by atoms with Gasteiger partial charge in [-0.15, -0.1) is 0 Å². The average Bonchev–Trinajstić information content (AvgIpc) is 2.54. The number of rotatable bonds is 5. The Morgan fingerprint density at radius 3 is 2.54 bits per heavy atom. The fourth-order valence-electron chi connectivity index (χ4n) is 2.12. The van der Waals surface area contributed by atoms with Gasteiger partial charge in [0.05, 0.1) is 16.8 Å². The molecule has 0 atom stereocenters. The van der Waals surface area contributed by atoms with Gasteiger partial charge >= 0.3 is 6.18 Å². The van der Waals surface area contributed by atoms with E-state index in [1.807, 2.05) is 6.92 Å². The highest BCUT2D eigenvalue weighted by molar-refractivity contribution is 5.94. The maximum Gasteiger partial charge on any atom is 0.417 e. The molecule has 0 saturated heterocycles. The molecule has 2 aromatic rings. The number of alkyl halides is 3. The number of nitrogens with one attached hydrogen (secondary N) is 1. The number of nitrogens with zero attached hydrogens (tertiary/aromatic N) is 3. The summed E-state index contributed by atoms with van der Waals surface area (Å²) in [6.07, 6.45) is -1.20. The second kappa shape index (κ2) is 7.37. The van der Waals surface area contributed by atoms with Gasteiger partial charge < -0.3 is 5.32 Å². The fraction of sp³-hybridized carbons (Fsp3) is 0.375. The molecule has 0 aromatic carbocycles. The van der Waals surface area contributed by atoms with Crippen LogP contribution in [0, 0.1) is 6.92 Å². The number of aromatic nitrogens is 3. The van der Waals surface area contributed by atoms with Crippen LogP contribution in [-0.2, 0) is 19.0 Å². The van der Waals surface area contributed by atoms with Gasteiger partial charge in [-0.05, 0) is 25.5 Å². The SMILES string of the molecule is CCc1nc(C)ncc1C(=O)NCCc1ccc(C(F)(F)F)cn1. The van der Waals surface area contributed by atoms with Crippen LogP contribution in [0.4, 0.5) is 13.2 Å². The molecule has 128 valence electrons. The first-order valence-corrected chi connectivity index (χ1v) is 7.44. The Bertz CT molecular complexity index is 714. The molecule has 2 aromatic heterocycles. The lowest BCUT2D eigenvalue weighted by molar-refractivity contribution is -0.137. The molecular weight excluding hydrogens is 321 g/mol. The van der Waals surface area contributed by atoms with Crippen molar-refractivity contribution in [2.75, 3.05) is 6.54 Å². The van der Waals surface area contributed by atoms with E-state index in [-0.39, 0.29) is 12.5 Å². The summed E-state index contributed by atoms with van der Waals surface area (Å²) in [6.45, 7) is 3.90. The standard InChI is InChI=1S/C16H17F3N4O/c1-3-14-13(9-21-10(2)23-14)15(24)20-7-6-12-5-4-11(8-22-12)16(17,18)19/h4-5,8-9H,3,6-7H2,1-2H3,(H,20,24). The molecule has 8 heteroatoms. The maximum atomic E-state index is 12.5. The van der Waals surface area contributed by atoms with Crippen molar-refractivity contribution in [1.82, 2.24) is 20.3 Å². The highest BCUT2D eigenvalue weighted by atomic mass is 19.4. The zero-order valence-electron chi connectivity index (χ0n) is 13.3. The minimum atomic E-state index is -4.40. The van der Waals surface area contributed by atoms with Gasteiger partial charge in [-0.1, -0.05) is 6.92 Å². The highest BCUT2D eigenvalue weighted by Crippen LogP contribution is 2.28. The van der Waals surface area contributed by atoms with E-state index < -0.39 is 11.7 Å². The van der Waals surface area contributed by atoms with Crippen LogP contribution in [-0.4, -0.2) is 27.4 Å². The molecule has 0 aliphatic heterocycles. The van der Waals surface area contributed by atoms with Gasteiger partial charge in [0.15, 0.2) is 0 Å². The van der Waals surface area contributed by atoms with Crippen molar-refractivity contribution in [3.05, 3.63) is 52.9 Å².